The number of hydrogen-bond donors (Lipinski definition) is 1. The Balaban J connectivity index is 2.01. The molecule has 0 aliphatic carbocycles. The summed E-state index contributed by atoms with van der Waals surface area (Å²) >= 11 is 12.1. The van der Waals surface area contributed by atoms with Crippen LogP contribution in [-0.2, 0) is 6.54 Å². The monoisotopic (exact) mass is 352 g/mol. The summed E-state index contributed by atoms with van der Waals surface area (Å²) in [6.07, 6.45) is 1.68. The number of nitrogens with zero attached hydrogens (tertiary/aromatic N) is 1. The quantitative estimate of drug-likeness (QED) is 0.588. The lowest BCUT2D eigenvalue weighted by molar-refractivity contribution is 0.311. The molecule has 6 heteroatoms. The molecular weight excluding hydrogens is 335 g/mol. The molecule has 0 aliphatic heterocycles. The van der Waals surface area contributed by atoms with E-state index in [0.717, 1.165) is 11.1 Å². The molecule has 0 heterocycles. The van der Waals surface area contributed by atoms with E-state index in [1.807, 2.05) is 37.3 Å². The van der Waals surface area contributed by atoms with Crippen LogP contribution in [0, 0.1) is 0 Å². The van der Waals surface area contributed by atoms with Crippen LogP contribution >= 0.6 is 23.2 Å². The summed E-state index contributed by atoms with van der Waals surface area (Å²) in [6, 6.07) is 11.2. The Morgan fingerprint density at radius 1 is 1.17 bits per heavy atom. The van der Waals surface area contributed by atoms with Gasteiger partial charge in [-0.25, -0.2) is 0 Å². The Hall–Kier alpha value is -1.91. The number of methoxy groups -OCH3 is 1. The SMILES string of the molecule is CCOc1c(Cl)cc(/C=N\NCc2ccc(Cl)cc2)cc1OC. The molecule has 0 radical (unpaired) electrons. The maximum Gasteiger partial charge on any atom is 0.179 e. The van der Waals surface area contributed by atoms with Crippen molar-refractivity contribution in [3.8, 4) is 11.5 Å². The fourth-order valence-corrected chi connectivity index (χ4v) is 2.36. The van der Waals surface area contributed by atoms with E-state index in [-0.39, 0.29) is 0 Å². The second-order valence-electron chi connectivity index (χ2n) is 4.69. The fourth-order valence-electron chi connectivity index (χ4n) is 1.96. The number of nitrogens with one attached hydrogen (secondary N) is 1. The number of rotatable bonds is 7. The smallest absolute Gasteiger partial charge is 0.179 e. The molecule has 2 aromatic rings. The first-order valence-electron chi connectivity index (χ1n) is 7.14. The van der Waals surface area contributed by atoms with Crippen LogP contribution in [0.3, 0.4) is 0 Å². The molecule has 0 spiro atoms. The average Bonchev–Trinajstić information content (AvgIpc) is 2.55. The molecule has 0 saturated heterocycles. The molecule has 0 aliphatic rings. The van der Waals surface area contributed by atoms with Crippen molar-refractivity contribution in [3.63, 3.8) is 0 Å². The summed E-state index contributed by atoms with van der Waals surface area (Å²) in [4.78, 5) is 0. The Labute approximate surface area is 146 Å². The third kappa shape index (κ3) is 5.05. The van der Waals surface area contributed by atoms with Gasteiger partial charge in [0.05, 0.1) is 31.5 Å². The Morgan fingerprint density at radius 2 is 1.91 bits per heavy atom. The Morgan fingerprint density at radius 3 is 2.57 bits per heavy atom. The van der Waals surface area contributed by atoms with Crippen molar-refractivity contribution in [1.29, 1.82) is 0 Å². The van der Waals surface area contributed by atoms with Crippen LogP contribution < -0.4 is 14.9 Å². The Bertz CT molecular complexity index is 673. The van der Waals surface area contributed by atoms with Crippen LogP contribution in [0.4, 0.5) is 0 Å². The van der Waals surface area contributed by atoms with Gasteiger partial charge in [-0.1, -0.05) is 35.3 Å². The topological polar surface area (TPSA) is 42.8 Å². The van der Waals surface area contributed by atoms with Gasteiger partial charge >= 0.3 is 0 Å². The summed E-state index contributed by atoms with van der Waals surface area (Å²) in [5.74, 6) is 1.13. The molecule has 0 fully saturated rings. The molecule has 0 saturated carbocycles. The van der Waals surface area contributed by atoms with Crippen LogP contribution in [0.2, 0.25) is 10.0 Å². The van der Waals surface area contributed by atoms with Gasteiger partial charge in [0.15, 0.2) is 11.5 Å². The molecule has 2 rings (SSSR count). The summed E-state index contributed by atoms with van der Waals surface area (Å²) in [5.41, 5.74) is 4.89. The van der Waals surface area contributed by atoms with E-state index in [2.05, 4.69) is 10.5 Å². The van der Waals surface area contributed by atoms with Crippen molar-refractivity contribution in [2.45, 2.75) is 13.5 Å². The molecule has 1 N–H and O–H groups in total. The minimum Gasteiger partial charge on any atom is -0.493 e. The lowest BCUT2D eigenvalue weighted by Crippen LogP contribution is -2.05. The molecule has 2 aromatic carbocycles. The van der Waals surface area contributed by atoms with Gasteiger partial charge in [-0.3, -0.25) is 0 Å². The molecule has 0 atom stereocenters. The van der Waals surface area contributed by atoms with Gasteiger partial charge in [-0.05, 0) is 42.3 Å². The zero-order valence-corrected chi connectivity index (χ0v) is 14.5. The first-order chi connectivity index (χ1) is 11.1. The molecule has 122 valence electrons. The van der Waals surface area contributed by atoms with Gasteiger partial charge in [0, 0.05) is 5.02 Å². The zero-order chi connectivity index (χ0) is 16.7. The lowest BCUT2D eigenvalue weighted by Gasteiger charge is -2.11. The third-order valence-electron chi connectivity index (χ3n) is 3.04. The van der Waals surface area contributed by atoms with E-state index in [1.165, 1.54) is 0 Å². The third-order valence-corrected chi connectivity index (χ3v) is 3.57. The van der Waals surface area contributed by atoms with Gasteiger partial charge in [-0.15, -0.1) is 0 Å². The minimum atomic E-state index is 0.491. The first-order valence-corrected chi connectivity index (χ1v) is 7.90. The van der Waals surface area contributed by atoms with Crippen LogP contribution in [0.1, 0.15) is 18.1 Å². The van der Waals surface area contributed by atoms with Crippen LogP contribution in [0.15, 0.2) is 41.5 Å². The highest BCUT2D eigenvalue weighted by atomic mass is 35.5. The molecule has 0 aromatic heterocycles. The molecule has 0 unspecified atom stereocenters. The molecular formula is C17H18Cl2N2O2. The van der Waals surface area contributed by atoms with Gasteiger partial charge < -0.3 is 14.9 Å². The summed E-state index contributed by atoms with van der Waals surface area (Å²) in [6.45, 7) is 3.02. The maximum atomic E-state index is 6.22. The number of halogens is 2. The predicted molar refractivity (Wildman–Crippen MR) is 95.1 cm³/mol. The number of ether oxygens (including phenoxy) is 2. The summed E-state index contributed by atoms with van der Waals surface area (Å²) in [5, 5.41) is 5.40. The predicted octanol–water partition coefficient (Wildman–Crippen LogP) is 4.52. The highest BCUT2D eigenvalue weighted by Gasteiger charge is 2.10. The van der Waals surface area contributed by atoms with Crippen molar-refractivity contribution in [2.75, 3.05) is 13.7 Å². The minimum absolute atomic E-state index is 0.491. The van der Waals surface area contributed by atoms with Gasteiger partial charge in [0.25, 0.3) is 0 Å². The van der Waals surface area contributed by atoms with Crippen molar-refractivity contribution >= 4 is 29.4 Å². The number of hydrazone groups is 1. The van der Waals surface area contributed by atoms with Crippen molar-refractivity contribution in [3.05, 3.63) is 57.6 Å². The number of benzene rings is 2. The fraction of sp³-hybridized carbons (Fsp3) is 0.235. The summed E-state index contributed by atoms with van der Waals surface area (Å²) in [7, 11) is 1.58. The second-order valence-corrected chi connectivity index (χ2v) is 5.53. The lowest BCUT2D eigenvalue weighted by atomic mass is 10.2. The van der Waals surface area contributed by atoms with E-state index < -0.39 is 0 Å². The summed E-state index contributed by atoms with van der Waals surface area (Å²) < 4.78 is 10.8. The molecule has 0 bridgehead atoms. The van der Waals surface area contributed by atoms with Crippen LogP contribution in [-0.4, -0.2) is 19.9 Å². The van der Waals surface area contributed by atoms with Crippen molar-refractivity contribution < 1.29 is 9.47 Å². The second kappa shape index (κ2) is 8.65. The number of hydrogen-bond acceptors (Lipinski definition) is 4. The van der Waals surface area contributed by atoms with Crippen molar-refractivity contribution in [1.82, 2.24) is 5.43 Å². The van der Waals surface area contributed by atoms with E-state index in [1.54, 1.807) is 19.4 Å². The maximum absolute atomic E-state index is 6.22. The average molecular weight is 353 g/mol. The van der Waals surface area contributed by atoms with E-state index in [4.69, 9.17) is 32.7 Å². The van der Waals surface area contributed by atoms with Crippen LogP contribution in [0.5, 0.6) is 11.5 Å². The van der Waals surface area contributed by atoms with Crippen LogP contribution in [0.25, 0.3) is 0 Å². The van der Waals surface area contributed by atoms with Gasteiger partial charge in [-0.2, -0.15) is 5.10 Å². The van der Waals surface area contributed by atoms with E-state index in [9.17, 15) is 0 Å². The molecule has 0 amide bonds. The first kappa shape index (κ1) is 17.4. The highest BCUT2D eigenvalue weighted by molar-refractivity contribution is 6.32. The zero-order valence-electron chi connectivity index (χ0n) is 13.0. The Kier molecular flexibility index (Phi) is 6.56. The van der Waals surface area contributed by atoms with Gasteiger partial charge in [0.1, 0.15) is 0 Å². The molecule has 23 heavy (non-hydrogen) atoms. The highest BCUT2D eigenvalue weighted by Crippen LogP contribution is 2.35. The van der Waals surface area contributed by atoms with Gasteiger partial charge in [0.2, 0.25) is 0 Å². The standard InChI is InChI=1S/C17H18Cl2N2O2/c1-3-23-17-15(19)8-13(9-16(17)22-2)11-21-20-10-12-4-6-14(18)7-5-12/h4-9,11,20H,3,10H2,1-2H3/b21-11-. The van der Waals surface area contributed by atoms with E-state index >= 15 is 0 Å². The van der Waals surface area contributed by atoms with Crippen molar-refractivity contribution in [2.24, 2.45) is 5.10 Å². The largest absolute Gasteiger partial charge is 0.493 e. The molecule has 4 nitrogen and oxygen atoms in total. The van der Waals surface area contributed by atoms with E-state index in [0.29, 0.717) is 34.7 Å². The normalized spacial score (nSPS) is 10.8.